The van der Waals surface area contributed by atoms with Gasteiger partial charge in [0.15, 0.2) is 11.5 Å². The number of ether oxygens (including phenoxy) is 4. The van der Waals surface area contributed by atoms with E-state index in [9.17, 15) is 4.79 Å². The highest BCUT2D eigenvalue weighted by molar-refractivity contribution is 5.82. The molecule has 1 aromatic carbocycles. The van der Waals surface area contributed by atoms with Crippen LogP contribution in [0.3, 0.4) is 0 Å². The van der Waals surface area contributed by atoms with Crippen molar-refractivity contribution in [2.24, 2.45) is 0 Å². The first kappa shape index (κ1) is 16.4. The van der Waals surface area contributed by atoms with Gasteiger partial charge in [-0.2, -0.15) is 0 Å². The molecule has 0 N–H and O–H groups in total. The van der Waals surface area contributed by atoms with Gasteiger partial charge in [-0.3, -0.25) is 4.79 Å². The summed E-state index contributed by atoms with van der Waals surface area (Å²) in [7, 11) is 1.51. The smallest absolute Gasteiger partial charge is 0.278 e. The van der Waals surface area contributed by atoms with Gasteiger partial charge in [0.2, 0.25) is 6.10 Å². The predicted octanol–water partition coefficient (Wildman–Crippen LogP) is 1.30. The number of aromatic nitrogens is 2. The molecule has 0 radical (unpaired) electrons. The zero-order valence-corrected chi connectivity index (χ0v) is 14.3. The fraction of sp³-hybridized carbons (Fsp3) is 0.389. The molecule has 3 heterocycles. The van der Waals surface area contributed by atoms with Crippen LogP contribution >= 0.6 is 0 Å². The molecule has 2 aliphatic rings. The number of hydrogen-bond acceptors (Lipinski definition) is 7. The van der Waals surface area contributed by atoms with Crippen LogP contribution in [-0.4, -0.2) is 59.8 Å². The van der Waals surface area contributed by atoms with Crippen molar-refractivity contribution in [3.63, 3.8) is 0 Å². The van der Waals surface area contributed by atoms with Crippen molar-refractivity contribution in [3.8, 4) is 23.3 Å². The molecule has 1 amide bonds. The summed E-state index contributed by atoms with van der Waals surface area (Å²) < 4.78 is 22.4. The lowest BCUT2D eigenvalue weighted by Gasteiger charge is -2.28. The number of fused-ring (bicyclic) bond motifs is 1. The summed E-state index contributed by atoms with van der Waals surface area (Å²) in [6, 6.07) is 7.34. The number of likely N-dealkylation sites (tertiary alicyclic amines) is 1. The molecule has 2 aliphatic heterocycles. The second kappa shape index (κ2) is 7.07. The molecule has 136 valence electrons. The van der Waals surface area contributed by atoms with E-state index in [-0.39, 0.29) is 18.6 Å². The van der Waals surface area contributed by atoms with Crippen LogP contribution in [0.5, 0.6) is 23.3 Å². The summed E-state index contributed by atoms with van der Waals surface area (Å²) in [4.78, 5) is 22.7. The average Bonchev–Trinajstić information content (AvgIpc) is 3.16. The molecule has 0 saturated carbocycles. The van der Waals surface area contributed by atoms with Crippen molar-refractivity contribution in [1.82, 2.24) is 14.9 Å². The minimum atomic E-state index is -0.644. The molecule has 2 aromatic rings. The minimum Gasteiger partial charge on any atom is -0.485 e. The van der Waals surface area contributed by atoms with Gasteiger partial charge in [0.1, 0.15) is 12.7 Å². The number of benzene rings is 1. The summed E-state index contributed by atoms with van der Waals surface area (Å²) in [5, 5.41) is 0. The number of rotatable bonds is 4. The SMILES string of the molecule is COc1nccnc1OC1CCN(C(=O)C2COc3ccccc3O2)C1. The quantitative estimate of drug-likeness (QED) is 0.816. The van der Waals surface area contributed by atoms with E-state index in [0.717, 1.165) is 0 Å². The van der Waals surface area contributed by atoms with Crippen LogP contribution < -0.4 is 18.9 Å². The minimum absolute atomic E-state index is 0.100. The Morgan fingerprint density at radius 2 is 1.96 bits per heavy atom. The van der Waals surface area contributed by atoms with Crippen molar-refractivity contribution in [1.29, 1.82) is 0 Å². The normalized spacial score (nSPS) is 21.3. The zero-order chi connectivity index (χ0) is 17.9. The maximum absolute atomic E-state index is 12.7. The number of para-hydroxylation sites is 2. The Morgan fingerprint density at radius 1 is 1.19 bits per heavy atom. The van der Waals surface area contributed by atoms with Gasteiger partial charge >= 0.3 is 0 Å². The highest BCUT2D eigenvalue weighted by Gasteiger charge is 2.36. The van der Waals surface area contributed by atoms with Crippen LogP contribution in [0.2, 0.25) is 0 Å². The van der Waals surface area contributed by atoms with E-state index in [1.54, 1.807) is 17.2 Å². The van der Waals surface area contributed by atoms with Crippen molar-refractivity contribution in [3.05, 3.63) is 36.7 Å². The second-order valence-electron chi connectivity index (χ2n) is 6.05. The molecule has 4 rings (SSSR count). The molecule has 1 aromatic heterocycles. The van der Waals surface area contributed by atoms with Crippen LogP contribution in [0.1, 0.15) is 6.42 Å². The molecule has 2 unspecified atom stereocenters. The first-order chi connectivity index (χ1) is 12.7. The lowest BCUT2D eigenvalue weighted by molar-refractivity contribution is -0.140. The summed E-state index contributed by atoms with van der Waals surface area (Å²) in [5.74, 6) is 1.82. The Labute approximate surface area is 150 Å². The van der Waals surface area contributed by atoms with Gasteiger partial charge in [-0.1, -0.05) is 12.1 Å². The second-order valence-corrected chi connectivity index (χ2v) is 6.05. The third-order valence-electron chi connectivity index (χ3n) is 4.35. The van der Waals surface area contributed by atoms with E-state index in [2.05, 4.69) is 9.97 Å². The first-order valence-corrected chi connectivity index (χ1v) is 8.43. The third kappa shape index (κ3) is 3.22. The lowest BCUT2D eigenvalue weighted by Crippen LogP contribution is -2.46. The van der Waals surface area contributed by atoms with E-state index in [1.165, 1.54) is 13.3 Å². The summed E-state index contributed by atoms with van der Waals surface area (Å²) >= 11 is 0. The zero-order valence-electron chi connectivity index (χ0n) is 14.3. The van der Waals surface area contributed by atoms with Gasteiger partial charge in [-0.15, -0.1) is 0 Å². The van der Waals surface area contributed by atoms with Gasteiger partial charge in [0.25, 0.3) is 17.7 Å². The number of methoxy groups -OCH3 is 1. The Hall–Kier alpha value is -3.03. The van der Waals surface area contributed by atoms with E-state index >= 15 is 0 Å². The molecule has 26 heavy (non-hydrogen) atoms. The number of carbonyl (C=O) groups excluding carboxylic acids is 1. The standard InChI is InChI=1S/C18H19N3O5/c1-23-16-17(20-8-7-19-16)25-12-6-9-21(10-12)18(22)15-11-24-13-4-2-3-5-14(13)26-15/h2-5,7-8,12,15H,6,9-11H2,1H3. The van der Waals surface area contributed by atoms with Gasteiger partial charge < -0.3 is 23.8 Å². The third-order valence-corrected chi connectivity index (χ3v) is 4.35. The summed E-state index contributed by atoms with van der Waals surface area (Å²) in [5.41, 5.74) is 0. The van der Waals surface area contributed by atoms with Gasteiger partial charge in [0, 0.05) is 25.4 Å². The van der Waals surface area contributed by atoms with E-state index in [1.807, 2.05) is 18.2 Å². The molecule has 1 saturated heterocycles. The van der Waals surface area contributed by atoms with Gasteiger partial charge in [-0.25, -0.2) is 9.97 Å². The first-order valence-electron chi connectivity index (χ1n) is 8.43. The Balaban J connectivity index is 1.37. The Kier molecular flexibility index (Phi) is 4.47. The van der Waals surface area contributed by atoms with Crippen LogP contribution in [0, 0.1) is 0 Å². The monoisotopic (exact) mass is 357 g/mol. The molecular weight excluding hydrogens is 338 g/mol. The summed E-state index contributed by atoms with van der Waals surface area (Å²) in [6.07, 6.45) is 2.97. The number of hydrogen-bond donors (Lipinski definition) is 0. The Bertz CT molecular complexity index is 800. The van der Waals surface area contributed by atoms with Crippen molar-refractivity contribution >= 4 is 5.91 Å². The van der Waals surface area contributed by atoms with Crippen molar-refractivity contribution in [2.45, 2.75) is 18.6 Å². The highest BCUT2D eigenvalue weighted by atomic mass is 16.6. The summed E-state index contributed by atoms with van der Waals surface area (Å²) in [6.45, 7) is 1.25. The fourth-order valence-electron chi connectivity index (χ4n) is 3.06. The van der Waals surface area contributed by atoms with Gasteiger partial charge in [-0.05, 0) is 12.1 Å². The van der Waals surface area contributed by atoms with Gasteiger partial charge in [0.05, 0.1) is 13.7 Å². The molecular formula is C18H19N3O5. The maximum atomic E-state index is 12.7. The fourth-order valence-corrected chi connectivity index (χ4v) is 3.06. The predicted molar refractivity (Wildman–Crippen MR) is 90.6 cm³/mol. The number of nitrogens with zero attached hydrogens (tertiary/aromatic N) is 3. The van der Waals surface area contributed by atoms with Crippen LogP contribution in [0.15, 0.2) is 36.7 Å². The Morgan fingerprint density at radius 3 is 2.77 bits per heavy atom. The molecule has 1 fully saturated rings. The van der Waals surface area contributed by atoms with Crippen molar-refractivity contribution < 1.29 is 23.7 Å². The lowest BCUT2D eigenvalue weighted by atomic mass is 10.2. The maximum Gasteiger partial charge on any atom is 0.278 e. The molecule has 0 bridgehead atoms. The number of carbonyl (C=O) groups is 1. The molecule has 0 aliphatic carbocycles. The van der Waals surface area contributed by atoms with Crippen LogP contribution in [-0.2, 0) is 4.79 Å². The average molecular weight is 357 g/mol. The highest BCUT2D eigenvalue weighted by Crippen LogP contribution is 2.32. The molecule has 2 atom stereocenters. The largest absolute Gasteiger partial charge is 0.485 e. The molecule has 8 heteroatoms. The van der Waals surface area contributed by atoms with Crippen LogP contribution in [0.25, 0.3) is 0 Å². The van der Waals surface area contributed by atoms with Crippen molar-refractivity contribution in [2.75, 3.05) is 26.8 Å². The topological polar surface area (TPSA) is 83.0 Å². The van der Waals surface area contributed by atoms with E-state index in [4.69, 9.17) is 18.9 Å². The van der Waals surface area contributed by atoms with E-state index in [0.29, 0.717) is 42.8 Å². The number of amides is 1. The van der Waals surface area contributed by atoms with E-state index < -0.39 is 6.10 Å². The molecule has 8 nitrogen and oxygen atoms in total. The molecule has 0 spiro atoms. The van der Waals surface area contributed by atoms with Crippen LogP contribution in [0.4, 0.5) is 0 Å².